The Hall–Kier alpha value is -5.09. The molecule has 0 bridgehead atoms. The lowest BCUT2D eigenvalue weighted by Gasteiger charge is -2.31. The number of nitrogens with one attached hydrogen (secondary N) is 3. The van der Waals surface area contributed by atoms with Crippen molar-refractivity contribution in [1.29, 1.82) is 0 Å². The van der Waals surface area contributed by atoms with Gasteiger partial charge in [0.1, 0.15) is 5.69 Å². The molecule has 0 saturated carbocycles. The first-order valence-electron chi connectivity index (χ1n) is 13.7. The second kappa shape index (κ2) is 12.6. The third kappa shape index (κ3) is 6.79. The highest BCUT2D eigenvalue weighted by Gasteiger charge is 2.18. The summed E-state index contributed by atoms with van der Waals surface area (Å²) in [5, 5.41) is 18.8. The van der Waals surface area contributed by atoms with Crippen LogP contribution < -0.4 is 20.9 Å². The second-order valence-corrected chi connectivity index (χ2v) is 10.2. The van der Waals surface area contributed by atoms with E-state index in [-0.39, 0.29) is 23.6 Å². The van der Waals surface area contributed by atoms with E-state index in [1.54, 1.807) is 29.9 Å². The number of nitrogens with zero attached hydrogens (tertiary/aromatic N) is 2. The van der Waals surface area contributed by atoms with Crippen LogP contribution in [0.3, 0.4) is 0 Å². The minimum atomic E-state index is -0.511. The largest absolute Gasteiger partial charge is 0.464 e. The van der Waals surface area contributed by atoms with Crippen molar-refractivity contribution in [2.45, 2.75) is 18.9 Å². The zero-order valence-corrected chi connectivity index (χ0v) is 23.5. The van der Waals surface area contributed by atoms with Gasteiger partial charge >= 0.3 is 5.97 Å². The van der Waals surface area contributed by atoms with E-state index in [4.69, 9.17) is 4.74 Å². The number of amides is 2. The minimum absolute atomic E-state index is 0.189. The summed E-state index contributed by atoms with van der Waals surface area (Å²) >= 11 is 0. The Bertz CT molecular complexity index is 1550. The van der Waals surface area contributed by atoms with Crippen LogP contribution in [-0.4, -0.2) is 53.8 Å². The van der Waals surface area contributed by atoms with Crippen molar-refractivity contribution in [3.8, 4) is 0 Å². The fraction of sp³-hybridized carbons (Fsp3) is 0.219. The fourth-order valence-electron chi connectivity index (χ4n) is 4.79. The van der Waals surface area contributed by atoms with E-state index in [9.17, 15) is 19.5 Å². The monoisotopic (exact) mass is 567 g/mol. The number of aliphatic hydroxyl groups excluding tert-OH is 1. The molecule has 0 atom stereocenters. The van der Waals surface area contributed by atoms with Gasteiger partial charge < -0.3 is 35.3 Å². The summed E-state index contributed by atoms with van der Waals surface area (Å²) in [7, 11) is 2.97. The average molecular weight is 568 g/mol. The van der Waals surface area contributed by atoms with Crippen LogP contribution in [0.15, 0.2) is 85.1 Å². The van der Waals surface area contributed by atoms with E-state index < -0.39 is 5.97 Å². The summed E-state index contributed by atoms with van der Waals surface area (Å²) in [6.07, 6.45) is 2.86. The smallest absolute Gasteiger partial charge is 0.354 e. The molecular formula is C32H33N5O5. The number of anilines is 5. The zero-order valence-electron chi connectivity index (χ0n) is 23.5. The molecule has 10 heteroatoms. The highest BCUT2D eigenvalue weighted by atomic mass is 16.5. The quantitative estimate of drug-likeness (QED) is 0.220. The molecule has 0 unspecified atom stereocenters. The van der Waals surface area contributed by atoms with Gasteiger partial charge in [0.05, 0.1) is 18.8 Å². The van der Waals surface area contributed by atoms with Crippen LogP contribution in [0.5, 0.6) is 0 Å². The van der Waals surface area contributed by atoms with Gasteiger partial charge in [0.15, 0.2) is 0 Å². The number of hydrogen-bond acceptors (Lipinski definition) is 7. The van der Waals surface area contributed by atoms with E-state index in [1.807, 2.05) is 60.7 Å². The molecule has 1 aromatic heterocycles. The molecule has 4 N–H and O–H groups in total. The number of carbonyl (C=O) groups is 3. The highest BCUT2D eigenvalue weighted by Crippen LogP contribution is 2.23. The number of carbonyl (C=O) groups excluding carboxylic acids is 3. The van der Waals surface area contributed by atoms with Crippen molar-refractivity contribution in [2.24, 2.45) is 7.05 Å². The third-order valence-electron chi connectivity index (χ3n) is 7.20. The molecule has 0 spiro atoms. The van der Waals surface area contributed by atoms with E-state index in [1.165, 1.54) is 13.2 Å². The number of benzene rings is 3. The van der Waals surface area contributed by atoms with E-state index in [2.05, 4.69) is 20.9 Å². The molecule has 1 saturated heterocycles. The van der Waals surface area contributed by atoms with Crippen LogP contribution in [0.2, 0.25) is 0 Å². The molecular weight excluding hydrogens is 534 g/mol. The minimum Gasteiger partial charge on any atom is -0.464 e. The maximum absolute atomic E-state index is 12.8. The summed E-state index contributed by atoms with van der Waals surface area (Å²) in [6.45, 7) is 1.62. The number of aliphatic hydroxyl groups is 1. The summed E-state index contributed by atoms with van der Waals surface area (Å²) in [5.41, 5.74) is 5.20. The Morgan fingerprint density at radius 1 is 0.762 bits per heavy atom. The summed E-state index contributed by atoms with van der Waals surface area (Å²) < 4.78 is 6.28. The number of rotatable bonds is 8. The molecule has 5 rings (SSSR count). The normalized spacial score (nSPS) is 13.4. The van der Waals surface area contributed by atoms with Crippen LogP contribution in [-0.2, 0) is 11.8 Å². The van der Waals surface area contributed by atoms with Gasteiger partial charge in [0.25, 0.3) is 11.8 Å². The summed E-state index contributed by atoms with van der Waals surface area (Å²) in [6, 6.07) is 23.6. The summed E-state index contributed by atoms with van der Waals surface area (Å²) in [5.74, 6) is -1.03. The van der Waals surface area contributed by atoms with Crippen molar-refractivity contribution >= 4 is 46.2 Å². The molecule has 0 radical (unpaired) electrons. The third-order valence-corrected chi connectivity index (χ3v) is 7.20. The first-order chi connectivity index (χ1) is 20.3. The molecule has 3 aromatic carbocycles. The number of aromatic nitrogens is 1. The van der Waals surface area contributed by atoms with Gasteiger partial charge in [0, 0.05) is 60.3 Å². The van der Waals surface area contributed by atoms with Crippen LogP contribution in [0.4, 0.5) is 28.4 Å². The Kier molecular flexibility index (Phi) is 8.54. The first kappa shape index (κ1) is 28.4. The van der Waals surface area contributed by atoms with Crippen LogP contribution in [0.25, 0.3) is 0 Å². The lowest BCUT2D eigenvalue weighted by atomic mass is 10.1. The molecule has 0 aliphatic carbocycles. The van der Waals surface area contributed by atoms with Gasteiger partial charge in [-0.1, -0.05) is 0 Å². The predicted molar refractivity (Wildman–Crippen MR) is 163 cm³/mol. The highest BCUT2D eigenvalue weighted by molar-refractivity contribution is 6.06. The van der Waals surface area contributed by atoms with Crippen molar-refractivity contribution in [3.63, 3.8) is 0 Å². The van der Waals surface area contributed by atoms with Gasteiger partial charge in [-0.15, -0.1) is 0 Å². The van der Waals surface area contributed by atoms with Gasteiger partial charge in [-0.2, -0.15) is 0 Å². The van der Waals surface area contributed by atoms with E-state index in [0.29, 0.717) is 22.5 Å². The molecule has 42 heavy (non-hydrogen) atoms. The number of piperidine rings is 1. The lowest BCUT2D eigenvalue weighted by molar-refractivity contribution is 0.0589. The Labute approximate surface area is 243 Å². The number of aryl methyl sites for hydroxylation is 1. The Morgan fingerprint density at radius 2 is 1.26 bits per heavy atom. The molecule has 2 heterocycles. The molecule has 10 nitrogen and oxygen atoms in total. The molecule has 216 valence electrons. The van der Waals surface area contributed by atoms with Crippen LogP contribution >= 0.6 is 0 Å². The standard InChI is InChI=1S/C32H33N5O5/c1-36-20-22(19-29(36)32(41)42-2)31(40)35-26-11-7-24(8-12-26)33-23-5-9-25(10-6-23)34-30(39)21-3-13-27(14-4-21)37-17-15-28(38)16-18-37/h3-14,19-20,28,33,38H,15-18H2,1-2H3,(H,34,39)(H,35,40). The topological polar surface area (TPSA) is 125 Å². The maximum atomic E-state index is 12.8. The average Bonchev–Trinajstić information content (AvgIpc) is 3.41. The lowest BCUT2D eigenvalue weighted by Crippen LogP contribution is -2.35. The molecule has 2 amide bonds. The van der Waals surface area contributed by atoms with Crippen molar-refractivity contribution in [1.82, 2.24) is 4.57 Å². The van der Waals surface area contributed by atoms with Crippen LogP contribution in [0.1, 0.15) is 44.0 Å². The van der Waals surface area contributed by atoms with Gasteiger partial charge in [-0.3, -0.25) is 9.59 Å². The fourth-order valence-corrected chi connectivity index (χ4v) is 4.79. The first-order valence-corrected chi connectivity index (χ1v) is 13.7. The summed E-state index contributed by atoms with van der Waals surface area (Å²) in [4.78, 5) is 39.4. The molecule has 4 aromatic rings. The molecule has 1 aliphatic heterocycles. The number of hydrogen-bond donors (Lipinski definition) is 4. The van der Waals surface area contributed by atoms with Crippen molar-refractivity contribution in [3.05, 3.63) is 102 Å². The van der Waals surface area contributed by atoms with Gasteiger partial charge in [-0.05, 0) is 91.7 Å². The molecule has 1 fully saturated rings. The molecule has 1 aliphatic rings. The maximum Gasteiger partial charge on any atom is 0.354 e. The number of methoxy groups -OCH3 is 1. The zero-order chi connectivity index (χ0) is 29.6. The van der Waals surface area contributed by atoms with E-state index >= 15 is 0 Å². The Balaban J connectivity index is 1.13. The predicted octanol–water partition coefficient (Wildman–Crippen LogP) is 5.02. The van der Waals surface area contributed by atoms with Gasteiger partial charge in [0.2, 0.25) is 0 Å². The Morgan fingerprint density at radius 3 is 1.79 bits per heavy atom. The second-order valence-electron chi connectivity index (χ2n) is 10.2. The number of esters is 1. The number of ether oxygens (including phenoxy) is 1. The van der Waals surface area contributed by atoms with Crippen LogP contribution in [0, 0.1) is 0 Å². The van der Waals surface area contributed by atoms with Crippen molar-refractivity contribution in [2.75, 3.05) is 41.0 Å². The van der Waals surface area contributed by atoms with Crippen molar-refractivity contribution < 1.29 is 24.2 Å². The SMILES string of the molecule is COC(=O)c1cc(C(=O)Nc2ccc(Nc3ccc(NC(=O)c4ccc(N5CCC(O)CC5)cc4)cc3)cc2)cn1C. The van der Waals surface area contributed by atoms with Gasteiger partial charge in [-0.25, -0.2) is 4.79 Å². The van der Waals surface area contributed by atoms with E-state index in [0.717, 1.165) is 43.0 Å².